The van der Waals surface area contributed by atoms with Crippen LogP contribution in [0.15, 0.2) is 31.1 Å². The highest BCUT2D eigenvalue weighted by Crippen LogP contribution is 1.97. The van der Waals surface area contributed by atoms with Gasteiger partial charge >= 0.3 is 0 Å². The van der Waals surface area contributed by atoms with Crippen LogP contribution >= 0.6 is 0 Å². The molecular formula is C12H12N4. The topological polar surface area (TPSA) is 43.6 Å². The Morgan fingerprint density at radius 1 is 1.38 bits per heavy atom. The third-order valence-electron chi connectivity index (χ3n) is 2.12. The molecule has 0 N–H and O–H groups in total. The van der Waals surface area contributed by atoms with Crippen LogP contribution in [0.5, 0.6) is 0 Å². The molecule has 0 spiro atoms. The van der Waals surface area contributed by atoms with E-state index < -0.39 is 0 Å². The van der Waals surface area contributed by atoms with E-state index >= 15 is 0 Å². The zero-order valence-corrected chi connectivity index (χ0v) is 9.09. The molecule has 2 aromatic heterocycles. The number of hydrogen-bond acceptors (Lipinski definition) is 3. The molecule has 0 bridgehead atoms. The van der Waals surface area contributed by atoms with Gasteiger partial charge in [0.15, 0.2) is 0 Å². The van der Waals surface area contributed by atoms with Crippen molar-refractivity contribution in [3.8, 4) is 11.8 Å². The minimum atomic E-state index is 0.630. The molecule has 80 valence electrons. The zero-order valence-electron chi connectivity index (χ0n) is 9.09. The third-order valence-corrected chi connectivity index (χ3v) is 2.12. The van der Waals surface area contributed by atoms with Crippen molar-refractivity contribution in [2.75, 3.05) is 0 Å². The van der Waals surface area contributed by atoms with E-state index in [1.165, 1.54) is 0 Å². The zero-order chi connectivity index (χ0) is 11.2. The van der Waals surface area contributed by atoms with Crippen molar-refractivity contribution >= 4 is 0 Å². The first-order chi connectivity index (χ1) is 7.88. The van der Waals surface area contributed by atoms with Crippen LogP contribution in [0, 0.1) is 11.8 Å². The van der Waals surface area contributed by atoms with Gasteiger partial charge in [-0.15, -0.1) is 0 Å². The summed E-state index contributed by atoms with van der Waals surface area (Å²) >= 11 is 0. The molecule has 0 saturated heterocycles. The van der Waals surface area contributed by atoms with Gasteiger partial charge in [0.25, 0.3) is 0 Å². The van der Waals surface area contributed by atoms with E-state index in [-0.39, 0.29) is 0 Å². The summed E-state index contributed by atoms with van der Waals surface area (Å²) in [5.74, 6) is 6.05. The molecule has 0 aromatic carbocycles. The van der Waals surface area contributed by atoms with Gasteiger partial charge in [0, 0.05) is 18.1 Å². The summed E-state index contributed by atoms with van der Waals surface area (Å²) in [5.41, 5.74) is 1.79. The lowest BCUT2D eigenvalue weighted by Crippen LogP contribution is -1.93. The number of aromatic nitrogens is 4. The van der Waals surface area contributed by atoms with E-state index in [2.05, 4.69) is 33.7 Å². The Labute approximate surface area is 94.4 Å². The summed E-state index contributed by atoms with van der Waals surface area (Å²) in [6.45, 7) is 2.69. The molecule has 2 rings (SSSR count). The van der Waals surface area contributed by atoms with Crippen LogP contribution in [-0.4, -0.2) is 19.5 Å². The average molecular weight is 212 g/mol. The van der Waals surface area contributed by atoms with Crippen LogP contribution in [-0.2, 0) is 13.0 Å². The molecule has 4 nitrogen and oxygen atoms in total. The fourth-order valence-electron chi connectivity index (χ4n) is 1.26. The minimum Gasteiger partial charge on any atom is -0.326 e. The monoisotopic (exact) mass is 212 g/mol. The van der Waals surface area contributed by atoms with Crippen molar-refractivity contribution in [3.05, 3.63) is 42.5 Å². The van der Waals surface area contributed by atoms with Crippen molar-refractivity contribution in [2.45, 2.75) is 19.9 Å². The first kappa shape index (κ1) is 10.4. The fraction of sp³-hybridized carbons (Fsp3) is 0.250. The van der Waals surface area contributed by atoms with E-state index in [0.717, 1.165) is 17.8 Å². The molecule has 0 unspecified atom stereocenters. The van der Waals surface area contributed by atoms with Gasteiger partial charge in [-0.2, -0.15) is 0 Å². The second-order valence-corrected chi connectivity index (χ2v) is 3.28. The van der Waals surface area contributed by atoms with Crippen LogP contribution in [0.4, 0.5) is 0 Å². The van der Waals surface area contributed by atoms with Gasteiger partial charge < -0.3 is 4.57 Å². The van der Waals surface area contributed by atoms with E-state index in [4.69, 9.17) is 0 Å². The Hall–Kier alpha value is -2.15. The van der Waals surface area contributed by atoms with Gasteiger partial charge in [-0.1, -0.05) is 12.8 Å². The maximum Gasteiger partial charge on any atom is 0.117 e. The standard InChI is InChI=1S/C12H12N4/c1-2-11-8-12(15-9-14-11)4-3-6-16-7-5-13-10-16/h5,7-10H,2,6H2,1H3. The summed E-state index contributed by atoms with van der Waals surface area (Å²) < 4.78 is 1.91. The van der Waals surface area contributed by atoms with Gasteiger partial charge in [0.1, 0.15) is 12.0 Å². The molecule has 2 heterocycles. The van der Waals surface area contributed by atoms with Crippen LogP contribution in [0.2, 0.25) is 0 Å². The predicted octanol–water partition coefficient (Wildman–Crippen LogP) is 1.29. The molecule has 16 heavy (non-hydrogen) atoms. The van der Waals surface area contributed by atoms with Crippen LogP contribution in [0.3, 0.4) is 0 Å². The normalized spacial score (nSPS) is 9.56. The lowest BCUT2D eigenvalue weighted by atomic mass is 10.3. The Bertz CT molecular complexity index is 505. The number of rotatable bonds is 2. The molecule has 0 fully saturated rings. The summed E-state index contributed by atoms with van der Waals surface area (Å²) in [4.78, 5) is 12.2. The Morgan fingerprint density at radius 2 is 2.31 bits per heavy atom. The van der Waals surface area contributed by atoms with Crippen molar-refractivity contribution < 1.29 is 0 Å². The molecule has 0 saturated carbocycles. The Morgan fingerprint density at radius 3 is 3.06 bits per heavy atom. The molecule has 0 aliphatic heterocycles. The van der Waals surface area contributed by atoms with Gasteiger partial charge in [-0.05, 0) is 18.4 Å². The highest BCUT2D eigenvalue weighted by Gasteiger charge is 1.92. The van der Waals surface area contributed by atoms with Crippen molar-refractivity contribution in [1.29, 1.82) is 0 Å². The SMILES string of the molecule is CCc1cc(C#CCn2ccnc2)ncn1. The van der Waals surface area contributed by atoms with Gasteiger partial charge in [0.05, 0.1) is 12.9 Å². The molecule has 0 radical (unpaired) electrons. The van der Waals surface area contributed by atoms with Crippen molar-refractivity contribution in [3.63, 3.8) is 0 Å². The lowest BCUT2D eigenvalue weighted by molar-refractivity contribution is 0.839. The predicted molar refractivity (Wildman–Crippen MR) is 60.5 cm³/mol. The van der Waals surface area contributed by atoms with E-state index in [0.29, 0.717) is 6.54 Å². The lowest BCUT2D eigenvalue weighted by Gasteiger charge is -1.94. The van der Waals surface area contributed by atoms with Crippen molar-refractivity contribution in [2.24, 2.45) is 0 Å². The summed E-state index contributed by atoms with van der Waals surface area (Å²) in [6.07, 6.45) is 7.82. The van der Waals surface area contributed by atoms with Gasteiger partial charge in [-0.25, -0.2) is 15.0 Å². The minimum absolute atomic E-state index is 0.630. The molecule has 4 heteroatoms. The second-order valence-electron chi connectivity index (χ2n) is 3.28. The van der Waals surface area contributed by atoms with E-state index in [1.54, 1.807) is 18.9 Å². The van der Waals surface area contributed by atoms with Crippen LogP contribution in [0.1, 0.15) is 18.3 Å². The van der Waals surface area contributed by atoms with Gasteiger partial charge in [-0.3, -0.25) is 0 Å². The van der Waals surface area contributed by atoms with E-state index in [9.17, 15) is 0 Å². The second kappa shape index (κ2) is 5.08. The summed E-state index contributed by atoms with van der Waals surface area (Å²) in [6, 6.07) is 1.92. The van der Waals surface area contributed by atoms with Crippen LogP contribution in [0.25, 0.3) is 0 Å². The molecule has 0 aliphatic rings. The van der Waals surface area contributed by atoms with E-state index in [1.807, 2.05) is 16.8 Å². The Balaban J connectivity index is 2.06. The highest BCUT2D eigenvalue weighted by atomic mass is 15.0. The Kier molecular flexibility index (Phi) is 3.29. The third kappa shape index (κ3) is 2.67. The molecule has 0 atom stereocenters. The number of aryl methyl sites for hydroxylation is 1. The average Bonchev–Trinajstić information content (AvgIpc) is 2.82. The highest BCUT2D eigenvalue weighted by molar-refractivity contribution is 5.27. The molecule has 2 aromatic rings. The fourth-order valence-corrected chi connectivity index (χ4v) is 1.26. The summed E-state index contributed by atoms with van der Waals surface area (Å²) in [5, 5.41) is 0. The van der Waals surface area contributed by atoms with Crippen LogP contribution < -0.4 is 0 Å². The quantitative estimate of drug-likeness (QED) is 0.704. The first-order valence-corrected chi connectivity index (χ1v) is 5.14. The maximum absolute atomic E-state index is 4.12. The number of hydrogen-bond donors (Lipinski definition) is 0. The molecule has 0 aliphatic carbocycles. The first-order valence-electron chi connectivity index (χ1n) is 5.14. The van der Waals surface area contributed by atoms with Crippen molar-refractivity contribution in [1.82, 2.24) is 19.5 Å². The number of nitrogens with zero attached hydrogens (tertiary/aromatic N) is 4. The maximum atomic E-state index is 4.12. The smallest absolute Gasteiger partial charge is 0.117 e. The number of imidazole rings is 1. The molecular weight excluding hydrogens is 200 g/mol. The summed E-state index contributed by atoms with van der Waals surface area (Å²) in [7, 11) is 0. The molecule has 0 amide bonds. The largest absolute Gasteiger partial charge is 0.326 e. The van der Waals surface area contributed by atoms with Gasteiger partial charge in [0.2, 0.25) is 0 Å².